The zero-order valence-electron chi connectivity index (χ0n) is 13.3. The topological polar surface area (TPSA) is 55.8 Å². The Bertz CT molecular complexity index is 507. The molecule has 1 aliphatic rings. The summed E-state index contributed by atoms with van der Waals surface area (Å²) in [7, 11) is 0. The third kappa shape index (κ3) is 4.81. The molecule has 122 valence electrons. The first-order chi connectivity index (χ1) is 10.4. The summed E-state index contributed by atoms with van der Waals surface area (Å²) < 4.78 is 10.9. The SMILES string of the molecule is CC(C)(C)OC(=O)N1CCCC1COCC(=O)c1cccs1. The van der Waals surface area contributed by atoms with Crippen LogP contribution in [0.3, 0.4) is 0 Å². The first-order valence-corrected chi connectivity index (χ1v) is 8.39. The van der Waals surface area contributed by atoms with Crippen LogP contribution in [0.1, 0.15) is 43.3 Å². The summed E-state index contributed by atoms with van der Waals surface area (Å²) in [4.78, 5) is 26.4. The number of hydrogen-bond donors (Lipinski definition) is 0. The van der Waals surface area contributed by atoms with Crippen molar-refractivity contribution < 1.29 is 19.1 Å². The van der Waals surface area contributed by atoms with Crippen LogP contribution >= 0.6 is 11.3 Å². The zero-order valence-corrected chi connectivity index (χ0v) is 14.1. The summed E-state index contributed by atoms with van der Waals surface area (Å²) >= 11 is 1.41. The Morgan fingerprint density at radius 1 is 1.41 bits per heavy atom. The van der Waals surface area contributed by atoms with Crippen LogP contribution in [0.25, 0.3) is 0 Å². The fourth-order valence-electron chi connectivity index (χ4n) is 2.37. The normalized spacial score (nSPS) is 18.5. The molecule has 0 radical (unpaired) electrons. The number of Topliss-reactive ketones (excluding diaryl/α,β-unsaturated/α-hetero) is 1. The molecule has 0 saturated carbocycles. The van der Waals surface area contributed by atoms with Crippen LogP contribution in [-0.2, 0) is 9.47 Å². The highest BCUT2D eigenvalue weighted by molar-refractivity contribution is 7.12. The molecule has 22 heavy (non-hydrogen) atoms. The molecule has 2 heterocycles. The summed E-state index contributed by atoms with van der Waals surface area (Å²) in [5.74, 6) is -0.0168. The largest absolute Gasteiger partial charge is 0.444 e. The van der Waals surface area contributed by atoms with Crippen molar-refractivity contribution in [2.45, 2.75) is 45.3 Å². The second-order valence-electron chi connectivity index (χ2n) is 6.39. The van der Waals surface area contributed by atoms with E-state index in [9.17, 15) is 9.59 Å². The van der Waals surface area contributed by atoms with Crippen LogP contribution in [0.5, 0.6) is 0 Å². The van der Waals surface area contributed by atoms with Crippen LogP contribution in [-0.4, -0.2) is 48.2 Å². The van der Waals surface area contributed by atoms with E-state index in [0.717, 1.165) is 12.8 Å². The lowest BCUT2D eigenvalue weighted by Gasteiger charge is -2.28. The molecule has 1 unspecified atom stereocenters. The quantitative estimate of drug-likeness (QED) is 0.779. The number of carbonyl (C=O) groups excluding carboxylic acids is 2. The summed E-state index contributed by atoms with van der Waals surface area (Å²) in [5.41, 5.74) is -0.500. The second kappa shape index (κ2) is 7.24. The highest BCUT2D eigenvalue weighted by Gasteiger charge is 2.32. The predicted molar refractivity (Wildman–Crippen MR) is 85.4 cm³/mol. The van der Waals surface area contributed by atoms with Crippen LogP contribution in [0.4, 0.5) is 4.79 Å². The van der Waals surface area contributed by atoms with E-state index in [-0.39, 0.29) is 24.5 Å². The molecule has 0 N–H and O–H groups in total. The maximum atomic E-state index is 12.1. The van der Waals surface area contributed by atoms with Gasteiger partial charge in [-0.3, -0.25) is 4.79 Å². The van der Waals surface area contributed by atoms with Gasteiger partial charge in [-0.1, -0.05) is 6.07 Å². The lowest BCUT2D eigenvalue weighted by molar-refractivity contribution is 0.0116. The Balaban J connectivity index is 1.79. The molecule has 1 aromatic rings. The highest BCUT2D eigenvalue weighted by atomic mass is 32.1. The fourth-order valence-corrected chi connectivity index (χ4v) is 3.02. The Morgan fingerprint density at radius 3 is 2.82 bits per heavy atom. The molecule has 1 aromatic heterocycles. The van der Waals surface area contributed by atoms with Crippen LogP contribution in [0, 0.1) is 0 Å². The van der Waals surface area contributed by atoms with Crippen LogP contribution < -0.4 is 0 Å². The number of ketones is 1. The van der Waals surface area contributed by atoms with Crippen LogP contribution in [0.15, 0.2) is 17.5 Å². The first kappa shape index (κ1) is 17.0. The van der Waals surface area contributed by atoms with Gasteiger partial charge in [0.25, 0.3) is 0 Å². The summed E-state index contributed by atoms with van der Waals surface area (Å²) in [5, 5.41) is 1.87. The molecule has 2 rings (SSSR count). The summed E-state index contributed by atoms with van der Waals surface area (Å²) in [6.45, 7) is 6.67. The van der Waals surface area contributed by atoms with E-state index in [1.807, 2.05) is 32.2 Å². The minimum Gasteiger partial charge on any atom is -0.444 e. The van der Waals surface area contributed by atoms with Crippen molar-refractivity contribution in [2.75, 3.05) is 19.8 Å². The molecular formula is C16H23NO4S. The van der Waals surface area contributed by atoms with Gasteiger partial charge in [-0.25, -0.2) is 4.79 Å². The lowest BCUT2D eigenvalue weighted by Crippen LogP contribution is -2.41. The third-order valence-electron chi connectivity index (χ3n) is 3.34. The minimum absolute atomic E-state index is 0.00835. The maximum absolute atomic E-state index is 12.1. The number of hydrogen-bond acceptors (Lipinski definition) is 5. The number of likely N-dealkylation sites (tertiary alicyclic amines) is 1. The van der Waals surface area contributed by atoms with E-state index in [2.05, 4.69) is 0 Å². The van der Waals surface area contributed by atoms with Crippen molar-refractivity contribution in [1.29, 1.82) is 0 Å². The standard InChI is InChI=1S/C16H23NO4S/c1-16(2,3)21-15(19)17-8-4-6-12(17)10-20-11-13(18)14-7-5-9-22-14/h5,7,9,12H,4,6,8,10-11H2,1-3H3. The minimum atomic E-state index is -0.500. The number of carbonyl (C=O) groups is 2. The van der Waals surface area contributed by atoms with Gasteiger partial charge in [-0.05, 0) is 45.1 Å². The number of ether oxygens (including phenoxy) is 2. The van der Waals surface area contributed by atoms with Gasteiger partial charge in [0.05, 0.1) is 17.5 Å². The average molecular weight is 325 g/mol. The van der Waals surface area contributed by atoms with Gasteiger partial charge >= 0.3 is 6.09 Å². The highest BCUT2D eigenvalue weighted by Crippen LogP contribution is 2.21. The second-order valence-corrected chi connectivity index (χ2v) is 7.33. The Morgan fingerprint density at radius 2 is 2.18 bits per heavy atom. The fraction of sp³-hybridized carbons (Fsp3) is 0.625. The molecule has 1 atom stereocenters. The maximum Gasteiger partial charge on any atom is 0.410 e. The monoisotopic (exact) mass is 325 g/mol. The number of thiophene rings is 1. The number of rotatable bonds is 5. The molecule has 6 heteroatoms. The lowest BCUT2D eigenvalue weighted by atomic mass is 10.2. The molecule has 1 amide bonds. The van der Waals surface area contributed by atoms with Gasteiger partial charge in [-0.2, -0.15) is 0 Å². The molecular weight excluding hydrogens is 302 g/mol. The Kier molecular flexibility index (Phi) is 5.58. The van der Waals surface area contributed by atoms with E-state index in [0.29, 0.717) is 18.0 Å². The predicted octanol–water partition coefficient (Wildman–Crippen LogP) is 3.35. The third-order valence-corrected chi connectivity index (χ3v) is 4.26. The van der Waals surface area contributed by atoms with E-state index in [1.165, 1.54) is 11.3 Å². The zero-order chi connectivity index (χ0) is 16.2. The van der Waals surface area contributed by atoms with Crippen LogP contribution in [0.2, 0.25) is 0 Å². The molecule has 1 fully saturated rings. The average Bonchev–Trinajstić information content (AvgIpc) is 3.08. The van der Waals surface area contributed by atoms with Crippen molar-refractivity contribution in [3.05, 3.63) is 22.4 Å². The molecule has 5 nitrogen and oxygen atoms in total. The van der Waals surface area contributed by atoms with Gasteiger partial charge in [0.15, 0.2) is 5.78 Å². The van der Waals surface area contributed by atoms with Gasteiger partial charge in [-0.15, -0.1) is 11.3 Å². The van der Waals surface area contributed by atoms with E-state index >= 15 is 0 Å². The first-order valence-electron chi connectivity index (χ1n) is 7.51. The molecule has 1 aliphatic heterocycles. The van der Waals surface area contributed by atoms with Crippen molar-refractivity contribution in [3.63, 3.8) is 0 Å². The smallest absolute Gasteiger partial charge is 0.410 e. The van der Waals surface area contributed by atoms with Crippen molar-refractivity contribution in [1.82, 2.24) is 4.90 Å². The molecule has 0 bridgehead atoms. The van der Waals surface area contributed by atoms with Crippen molar-refractivity contribution in [3.8, 4) is 0 Å². The molecule has 0 aromatic carbocycles. The number of amides is 1. The van der Waals surface area contributed by atoms with E-state index < -0.39 is 5.60 Å². The van der Waals surface area contributed by atoms with E-state index in [4.69, 9.17) is 9.47 Å². The molecule has 1 saturated heterocycles. The van der Waals surface area contributed by atoms with Gasteiger partial charge in [0, 0.05) is 6.54 Å². The summed E-state index contributed by atoms with van der Waals surface area (Å²) in [6.07, 6.45) is 1.52. The summed E-state index contributed by atoms with van der Waals surface area (Å²) in [6, 6.07) is 3.63. The van der Waals surface area contributed by atoms with Crippen molar-refractivity contribution in [2.24, 2.45) is 0 Å². The van der Waals surface area contributed by atoms with Gasteiger partial charge < -0.3 is 14.4 Å². The molecule has 0 spiro atoms. The Hall–Kier alpha value is -1.40. The van der Waals surface area contributed by atoms with Crippen molar-refractivity contribution >= 4 is 23.2 Å². The number of nitrogens with zero attached hydrogens (tertiary/aromatic N) is 1. The van der Waals surface area contributed by atoms with Gasteiger partial charge in [0.2, 0.25) is 0 Å². The molecule has 0 aliphatic carbocycles. The van der Waals surface area contributed by atoms with Gasteiger partial charge in [0.1, 0.15) is 12.2 Å². The Labute approximate surface area is 135 Å². The van der Waals surface area contributed by atoms with E-state index in [1.54, 1.807) is 11.0 Å².